The monoisotopic (exact) mass is 399 g/mol. The van der Waals surface area contributed by atoms with Crippen LogP contribution in [0.1, 0.15) is 22.8 Å². The molecule has 0 aliphatic heterocycles. The molecule has 0 aliphatic carbocycles. The van der Waals surface area contributed by atoms with E-state index in [4.69, 9.17) is 14.1 Å². The van der Waals surface area contributed by atoms with E-state index in [1.54, 1.807) is 24.3 Å². The molecule has 4 rings (SSSR count). The van der Waals surface area contributed by atoms with E-state index in [0.29, 0.717) is 29.0 Å². The van der Waals surface area contributed by atoms with Gasteiger partial charge in [0.2, 0.25) is 0 Å². The van der Waals surface area contributed by atoms with Crippen LogP contribution in [-0.2, 0) is 0 Å². The Morgan fingerprint density at radius 1 is 1.03 bits per heavy atom. The molecule has 0 saturated heterocycles. The number of nitrogens with zero attached hydrogens (tertiary/aromatic N) is 1. The predicted molar refractivity (Wildman–Crippen MR) is 116 cm³/mol. The Bertz CT molecular complexity index is 1290. The number of carbonyl (C=O) groups is 1. The van der Waals surface area contributed by atoms with Crippen LogP contribution in [0.25, 0.3) is 22.3 Å². The van der Waals surface area contributed by atoms with Crippen molar-refractivity contribution in [3.63, 3.8) is 0 Å². The highest BCUT2D eigenvalue weighted by molar-refractivity contribution is 5.88. The third-order valence-electron chi connectivity index (χ3n) is 4.70. The van der Waals surface area contributed by atoms with Crippen LogP contribution in [0.5, 0.6) is 5.75 Å². The molecule has 5 heteroatoms. The summed E-state index contributed by atoms with van der Waals surface area (Å²) in [6.07, 6.45) is 0. The lowest BCUT2D eigenvalue weighted by molar-refractivity contribution is 0.0697. The number of rotatable bonds is 5. The van der Waals surface area contributed by atoms with E-state index in [-0.39, 0.29) is 5.56 Å². The fraction of sp³-hybridized carbons (Fsp3) is 0.120. The number of ether oxygens (including phenoxy) is 1. The molecule has 3 aromatic carbocycles. The van der Waals surface area contributed by atoms with Gasteiger partial charge in [0.15, 0.2) is 0 Å². The summed E-state index contributed by atoms with van der Waals surface area (Å²) in [5.74, 6) is 0.415. The molecule has 0 aliphatic rings. The van der Waals surface area contributed by atoms with Crippen LogP contribution in [-0.4, -0.2) is 17.7 Å². The zero-order valence-corrected chi connectivity index (χ0v) is 16.8. The largest absolute Gasteiger partial charge is 0.494 e. The van der Waals surface area contributed by atoms with Crippen molar-refractivity contribution in [3.8, 4) is 17.1 Å². The number of aryl methyl sites for hydroxylation is 1. The standard InChI is InChI=1S/C25H21NO4/c1-3-29-20-11-12-23-21(14-20)22(26-19-6-4-5-18(13-19)25(27)28)15-24(30-23)17-9-7-16(2)8-10-17/h4-15H,3H2,1-2H3,(H,27,28). The maximum Gasteiger partial charge on any atom is 0.335 e. The van der Waals surface area contributed by atoms with Crippen LogP contribution in [0.15, 0.2) is 82.2 Å². The summed E-state index contributed by atoms with van der Waals surface area (Å²) in [6, 6.07) is 22.1. The smallest absolute Gasteiger partial charge is 0.335 e. The van der Waals surface area contributed by atoms with E-state index in [1.165, 1.54) is 0 Å². The molecule has 150 valence electrons. The van der Waals surface area contributed by atoms with Crippen molar-refractivity contribution in [2.24, 2.45) is 4.99 Å². The number of carboxylic acids is 1. The van der Waals surface area contributed by atoms with Crippen LogP contribution in [0.3, 0.4) is 0 Å². The highest BCUT2D eigenvalue weighted by Gasteiger charge is 2.09. The van der Waals surface area contributed by atoms with Crippen molar-refractivity contribution in [2.75, 3.05) is 6.61 Å². The second kappa shape index (κ2) is 8.25. The quantitative estimate of drug-likeness (QED) is 0.465. The van der Waals surface area contributed by atoms with Crippen molar-refractivity contribution >= 4 is 22.6 Å². The minimum atomic E-state index is -0.987. The molecular weight excluding hydrogens is 378 g/mol. The normalized spacial score (nSPS) is 11.6. The summed E-state index contributed by atoms with van der Waals surface area (Å²) in [5.41, 5.74) is 3.52. The fourth-order valence-electron chi connectivity index (χ4n) is 3.20. The van der Waals surface area contributed by atoms with Crippen LogP contribution in [0.2, 0.25) is 0 Å². The molecular formula is C25H21NO4. The average Bonchev–Trinajstić information content (AvgIpc) is 2.75. The van der Waals surface area contributed by atoms with Gasteiger partial charge in [0.25, 0.3) is 0 Å². The Morgan fingerprint density at radius 2 is 1.83 bits per heavy atom. The van der Waals surface area contributed by atoms with Gasteiger partial charge in [-0.1, -0.05) is 35.9 Å². The lowest BCUT2D eigenvalue weighted by Crippen LogP contribution is -2.04. The minimum absolute atomic E-state index is 0.190. The molecule has 0 radical (unpaired) electrons. The van der Waals surface area contributed by atoms with E-state index in [0.717, 1.165) is 22.3 Å². The van der Waals surface area contributed by atoms with Gasteiger partial charge in [0.05, 0.1) is 23.2 Å². The Morgan fingerprint density at radius 3 is 2.57 bits per heavy atom. The van der Waals surface area contributed by atoms with Crippen molar-refractivity contribution < 1.29 is 19.1 Å². The van der Waals surface area contributed by atoms with Crippen LogP contribution in [0.4, 0.5) is 5.69 Å². The Kier molecular flexibility index (Phi) is 5.35. The maximum atomic E-state index is 11.3. The Balaban J connectivity index is 1.96. The summed E-state index contributed by atoms with van der Waals surface area (Å²) in [4.78, 5) is 16.1. The first kappa shape index (κ1) is 19.5. The van der Waals surface area contributed by atoms with Crippen LogP contribution >= 0.6 is 0 Å². The highest BCUT2D eigenvalue weighted by atomic mass is 16.5. The molecule has 5 nitrogen and oxygen atoms in total. The minimum Gasteiger partial charge on any atom is -0.494 e. The molecule has 4 aromatic rings. The summed E-state index contributed by atoms with van der Waals surface area (Å²) >= 11 is 0. The molecule has 0 fully saturated rings. The molecule has 0 saturated carbocycles. The van der Waals surface area contributed by atoms with Gasteiger partial charge in [0, 0.05) is 17.0 Å². The number of aromatic carboxylic acids is 1. The lowest BCUT2D eigenvalue weighted by Gasteiger charge is -2.08. The van der Waals surface area contributed by atoms with Crippen molar-refractivity contribution in [1.82, 2.24) is 0 Å². The summed E-state index contributed by atoms with van der Waals surface area (Å²) in [6.45, 7) is 4.52. The first-order valence-corrected chi connectivity index (χ1v) is 9.69. The maximum absolute atomic E-state index is 11.3. The molecule has 1 N–H and O–H groups in total. The second-order valence-electron chi connectivity index (χ2n) is 6.92. The third kappa shape index (κ3) is 4.10. The first-order valence-electron chi connectivity index (χ1n) is 9.69. The van der Waals surface area contributed by atoms with Gasteiger partial charge in [0.1, 0.15) is 17.1 Å². The second-order valence-corrected chi connectivity index (χ2v) is 6.92. The summed E-state index contributed by atoms with van der Waals surface area (Å²) in [7, 11) is 0. The molecule has 1 aromatic heterocycles. The first-order chi connectivity index (χ1) is 14.5. The van der Waals surface area contributed by atoms with Crippen LogP contribution in [0, 0.1) is 6.92 Å². The van der Waals surface area contributed by atoms with E-state index in [2.05, 4.69) is 0 Å². The van der Waals surface area contributed by atoms with Gasteiger partial charge in [-0.25, -0.2) is 9.79 Å². The van der Waals surface area contributed by atoms with E-state index < -0.39 is 5.97 Å². The average molecular weight is 399 g/mol. The van der Waals surface area contributed by atoms with Gasteiger partial charge >= 0.3 is 5.97 Å². The predicted octanol–water partition coefficient (Wildman–Crippen LogP) is 5.74. The van der Waals surface area contributed by atoms with Crippen molar-refractivity contribution in [1.29, 1.82) is 0 Å². The zero-order valence-electron chi connectivity index (χ0n) is 16.8. The number of carboxylic acid groups (broad SMARTS) is 1. The SMILES string of the molecule is CCOc1ccc2oc(-c3ccc(C)cc3)cc(=Nc3cccc(C(=O)O)c3)c2c1. The molecule has 1 heterocycles. The van der Waals surface area contributed by atoms with E-state index >= 15 is 0 Å². The van der Waals surface area contributed by atoms with Gasteiger partial charge in [-0.3, -0.25) is 0 Å². The highest BCUT2D eigenvalue weighted by Crippen LogP contribution is 2.26. The fourth-order valence-corrected chi connectivity index (χ4v) is 3.20. The van der Waals surface area contributed by atoms with Gasteiger partial charge in [-0.15, -0.1) is 0 Å². The third-order valence-corrected chi connectivity index (χ3v) is 4.70. The Labute approximate surface area is 173 Å². The van der Waals surface area contributed by atoms with Gasteiger partial charge in [-0.2, -0.15) is 0 Å². The molecule has 0 atom stereocenters. The van der Waals surface area contributed by atoms with Crippen molar-refractivity contribution in [2.45, 2.75) is 13.8 Å². The zero-order chi connectivity index (χ0) is 21.1. The number of hydrogen-bond acceptors (Lipinski definition) is 4. The molecule has 0 spiro atoms. The van der Waals surface area contributed by atoms with Gasteiger partial charge in [-0.05, 0) is 50.2 Å². The van der Waals surface area contributed by atoms with Crippen LogP contribution < -0.4 is 10.1 Å². The lowest BCUT2D eigenvalue weighted by atomic mass is 10.1. The Hall–Kier alpha value is -3.86. The molecule has 30 heavy (non-hydrogen) atoms. The molecule has 0 bridgehead atoms. The number of fused-ring (bicyclic) bond motifs is 1. The van der Waals surface area contributed by atoms with E-state index in [1.807, 2.05) is 62.4 Å². The molecule has 0 amide bonds. The summed E-state index contributed by atoms with van der Waals surface area (Å²) < 4.78 is 11.8. The summed E-state index contributed by atoms with van der Waals surface area (Å²) in [5, 5.41) is 10.8. The van der Waals surface area contributed by atoms with Crippen molar-refractivity contribution in [3.05, 3.63) is 89.3 Å². The topological polar surface area (TPSA) is 72.0 Å². The van der Waals surface area contributed by atoms with E-state index in [9.17, 15) is 9.90 Å². The number of benzene rings is 3. The molecule has 0 unspecified atom stereocenters. The van der Waals surface area contributed by atoms with Gasteiger partial charge < -0.3 is 14.3 Å². The number of hydrogen-bond donors (Lipinski definition) is 1.